The van der Waals surface area contributed by atoms with Crippen LogP contribution < -0.4 is 10.1 Å². The van der Waals surface area contributed by atoms with Crippen molar-refractivity contribution in [1.29, 1.82) is 0 Å². The fraction of sp³-hybridized carbons (Fsp3) is 0.529. The third-order valence-corrected chi connectivity index (χ3v) is 4.27. The number of amides is 1. The summed E-state index contributed by atoms with van der Waals surface area (Å²) in [6.45, 7) is 0.496. The maximum absolute atomic E-state index is 12.2. The van der Waals surface area contributed by atoms with Gasteiger partial charge in [-0.25, -0.2) is 0 Å². The van der Waals surface area contributed by atoms with Crippen LogP contribution in [0.25, 0.3) is 0 Å². The molecule has 1 aliphatic carbocycles. The summed E-state index contributed by atoms with van der Waals surface area (Å²) in [5.41, 5.74) is 0.560. The van der Waals surface area contributed by atoms with Gasteiger partial charge < -0.3 is 14.8 Å². The van der Waals surface area contributed by atoms with Crippen LogP contribution in [0.5, 0.6) is 5.75 Å². The normalized spacial score (nSPS) is 21.0. The van der Waals surface area contributed by atoms with Gasteiger partial charge in [0.15, 0.2) is 0 Å². The van der Waals surface area contributed by atoms with Crippen molar-refractivity contribution in [2.45, 2.75) is 25.7 Å². The summed E-state index contributed by atoms with van der Waals surface area (Å²) in [5.74, 6) is 0.381. The molecule has 0 aliphatic heterocycles. The first-order chi connectivity index (χ1) is 10.7. The fourth-order valence-corrected chi connectivity index (χ4v) is 3.00. The van der Waals surface area contributed by atoms with E-state index in [1.807, 2.05) is 0 Å². The van der Waals surface area contributed by atoms with E-state index in [2.05, 4.69) is 5.32 Å². The van der Waals surface area contributed by atoms with Gasteiger partial charge in [0.05, 0.1) is 20.1 Å². The topological polar surface area (TPSA) is 64.6 Å². The molecule has 1 fully saturated rings. The number of nitrogens with one attached hydrogen (secondary N) is 1. The first-order valence-corrected chi connectivity index (χ1v) is 7.65. The Bertz CT molecular complexity index is 529. The van der Waals surface area contributed by atoms with Crippen LogP contribution in [0.4, 0.5) is 0 Å². The summed E-state index contributed by atoms with van der Waals surface area (Å²) < 4.78 is 9.99. The van der Waals surface area contributed by atoms with E-state index in [1.54, 1.807) is 31.4 Å². The lowest BCUT2D eigenvalue weighted by molar-refractivity contribution is -0.148. The number of esters is 1. The van der Waals surface area contributed by atoms with E-state index in [1.165, 1.54) is 7.11 Å². The van der Waals surface area contributed by atoms with Gasteiger partial charge in [-0.05, 0) is 37.0 Å². The monoisotopic (exact) mass is 305 g/mol. The molecule has 1 amide bonds. The number of hydrogen-bond donors (Lipinski definition) is 1. The van der Waals surface area contributed by atoms with Crippen molar-refractivity contribution in [2.24, 2.45) is 11.8 Å². The van der Waals surface area contributed by atoms with Gasteiger partial charge in [0.2, 0.25) is 0 Å². The largest absolute Gasteiger partial charge is 0.497 e. The highest BCUT2D eigenvalue weighted by Crippen LogP contribution is 2.30. The number of carbonyl (C=O) groups is 2. The molecule has 1 saturated carbocycles. The Morgan fingerprint density at radius 3 is 2.73 bits per heavy atom. The molecule has 120 valence electrons. The third-order valence-electron chi connectivity index (χ3n) is 4.27. The molecule has 0 aromatic heterocycles. The molecule has 0 spiro atoms. The van der Waals surface area contributed by atoms with E-state index in [0.29, 0.717) is 17.9 Å². The van der Waals surface area contributed by atoms with Crippen molar-refractivity contribution in [3.8, 4) is 5.75 Å². The molecule has 1 N–H and O–H groups in total. The number of rotatable bonds is 5. The second-order valence-electron chi connectivity index (χ2n) is 5.62. The highest BCUT2D eigenvalue weighted by atomic mass is 16.5. The number of hydrogen-bond acceptors (Lipinski definition) is 4. The van der Waals surface area contributed by atoms with Gasteiger partial charge in [0.1, 0.15) is 5.75 Å². The summed E-state index contributed by atoms with van der Waals surface area (Å²) >= 11 is 0. The molecule has 0 radical (unpaired) electrons. The average Bonchev–Trinajstić information content (AvgIpc) is 2.59. The van der Waals surface area contributed by atoms with Crippen LogP contribution >= 0.6 is 0 Å². The fourth-order valence-electron chi connectivity index (χ4n) is 3.00. The maximum Gasteiger partial charge on any atom is 0.309 e. The standard InChI is InChI=1S/C17H23NO4/c1-21-14-8-5-7-12(10-14)16(19)18-11-13-6-3-4-9-15(13)17(20)22-2/h5,7-8,10,13,15H,3-4,6,9,11H2,1-2H3,(H,18,19). The van der Waals surface area contributed by atoms with Crippen LogP contribution in [0.15, 0.2) is 24.3 Å². The van der Waals surface area contributed by atoms with Crippen LogP contribution in [-0.2, 0) is 9.53 Å². The minimum absolute atomic E-state index is 0.107. The highest BCUT2D eigenvalue weighted by Gasteiger charge is 2.31. The maximum atomic E-state index is 12.2. The van der Waals surface area contributed by atoms with E-state index in [-0.39, 0.29) is 23.7 Å². The van der Waals surface area contributed by atoms with Crippen molar-refractivity contribution in [1.82, 2.24) is 5.32 Å². The Labute approximate surface area is 131 Å². The Balaban J connectivity index is 1.95. The summed E-state index contributed by atoms with van der Waals surface area (Å²) in [7, 11) is 2.99. The molecule has 0 heterocycles. The van der Waals surface area contributed by atoms with Gasteiger partial charge in [-0.1, -0.05) is 18.9 Å². The SMILES string of the molecule is COC(=O)C1CCCCC1CNC(=O)c1cccc(OC)c1. The molecule has 5 heteroatoms. The summed E-state index contributed by atoms with van der Waals surface area (Å²) in [4.78, 5) is 24.0. The lowest BCUT2D eigenvalue weighted by Crippen LogP contribution is -2.37. The summed E-state index contributed by atoms with van der Waals surface area (Å²) in [6.07, 6.45) is 3.91. The average molecular weight is 305 g/mol. The molecule has 0 bridgehead atoms. The summed E-state index contributed by atoms with van der Waals surface area (Å²) in [5, 5.41) is 2.93. The Kier molecular flexibility index (Phi) is 5.81. The first-order valence-electron chi connectivity index (χ1n) is 7.65. The third kappa shape index (κ3) is 4.00. The molecule has 2 atom stereocenters. The molecular formula is C17H23NO4. The van der Waals surface area contributed by atoms with Gasteiger partial charge in [-0.3, -0.25) is 9.59 Å². The van der Waals surface area contributed by atoms with Crippen LogP contribution in [-0.4, -0.2) is 32.6 Å². The van der Waals surface area contributed by atoms with E-state index < -0.39 is 0 Å². The smallest absolute Gasteiger partial charge is 0.309 e. The van der Waals surface area contributed by atoms with Crippen LogP contribution in [0, 0.1) is 11.8 Å². The van der Waals surface area contributed by atoms with Crippen molar-refractivity contribution >= 4 is 11.9 Å². The molecule has 22 heavy (non-hydrogen) atoms. The quantitative estimate of drug-likeness (QED) is 0.848. The van der Waals surface area contributed by atoms with E-state index in [9.17, 15) is 9.59 Å². The molecule has 5 nitrogen and oxygen atoms in total. The molecule has 0 saturated heterocycles. The van der Waals surface area contributed by atoms with Crippen molar-refractivity contribution < 1.29 is 19.1 Å². The second-order valence-corrected chi connectivity index (χ2v) is 5.62. The first kappa shape index (κ1) is 16.3. The lowest BCUT2D eigenvalue weighted by atomic mass is 9.79. The van der Waals surface area contributed by atoms with E-state index in [0.717, 1.165) is 25.7 Å². The minimum Gasteiger partial charge on any atom is -0.497 e. The molecule has 1 aromatic rings. The molecule has 2 rings (SSSR count). The van der Waals surface area contributed by atoms with Gasteiger partial charge in [-0.15, -0.1) is 0 Å². The number of ether oxygens (including phenoxy) is 2. The van der Waals surface area contributed by atoms with Gasteiger partial charge in [0, 0.05) is 12.1 Å². The molecule has 1 aromatic carbocycles. The lowest BCUT2D eigenvalue weighted by Gasteiger charge is -2.29. The highest BCUT2D eigenvalue weighted by molar-refractivity contribution is 5.94. The van der Waals surface area contributed by atoms with Crippen molar-refractivity contribution in [2.75, 3.05) is 20.8 Å². The van der Waals surface area contributed by atoms with Crippen LogP contribution in [0.2, 0.25) is 0 Å². The number of benzene rings is 1. The predicted molar refractivity (Wildman–Crippen MR) is 82.8 cm³/mol. The molecule has 2 unspecified atom stereocenters. The van der Waals surface area contributed by atoms with Crippen LogP contribution in [0.3, 0.4) is 0 Å². The zero-order valence-electron chi connectivity index (χ0n) is 13.1. The molecular weight excluding hydrogens is 282 g/mol. The Morgan fingerprint density at radius 2 is 2.00 bits per heavy atom. The second kappa shape index (κ2) is 7.82. The predicted octanol–water partition coefficient (Wildman–Crippen LogP) is 2.40. The number of carbonyl (C=O) groups excluding carboxylic acids is 2. The molecule has 1 aliphatic rings. The minimum atomic E-state index is -0.166. The Hall–Kier alpha value is -2.04. The summed E-state index contributed by atoms with van der Waals surface area (Å²) in [6, 6.07) is 7.03. The van der Waals surface area contributed by atoms with Crippen LogP contribution in [0.1, 0.15) is 36.0 Å². The Morgan fingerprint density at radius 1 is 1.23 bits per heavy atom. The van der Waals surface area contributed by atoms with Gasteiger partial charge in [-0.2, -0.15) is 0 Å². The van der Waals surface area contributed by atoms with Gasteiger partial charge >= 0.3 is 5.97 Å². The zero-order valence-corrected chi connectivity index (χ0v) is 13.1. The number of methoxy groups -OCH3 is 2. The zero-order chi connectivity index (χ0) is 15.9. The van der Waals surface area contributed by atoms with E-state index >= 15 is 0 Å². The van der Waals surface area contributed by atoms with Crippen molar-refractivity contribution in [3.63, 3.8) is 0 Å². The van der Waals surface area contributed by atoms with E-state index in [4.69, 9.17) is 9.47 Å². The van der Waals surface area contributed by atoms with Gasteiger partial charge in [0.25, 0.3) is 5.91 Å². The van der Waals surface area contributed by atoms with Crippen molar-refractivity contribution in [3.05, 3.63) is 29.8 Å².